The zero-order valence-electron chi connectivity index (χ0n) is 30.1. The van der Waals surface area contributed by atoms with Crippen LogP contribution in [0.2, 0.25) is 18.1 Å². The lowest BCUT2D eigenvalue weighted by molar-refractivity contribution is -0.0603. The molecule has 4 aromatic heterocycles. The van der Waals surface area contributed by atoms with E-state index in [4.69, 9.17) is 43.5 Å². The van der Waals surface area contributed by atoms with Crippen molar-refractivity contribution in [2.75, 3.05) is 31.8 Å². The molecule has 2 saturated heterocycles. The summed E-state index contributed by atoms with van der Waals surface area (Å²) < 4.78 is 73.4. The van der Waals surface area contributed by atoms with Gasteiger partial charge in [-0.2, -0.15) is 4.98 Å². The van der Waals surface area contributed by atoms with E-state index in [2.05, 4.69) is 29.9 Å². The zero-order valence-corrected chi connectivity index (χ0v) is 32.9. The number of phosphoric acid groups is 2. The van der Waals surface area contributed by atoms with E-state index in [-0.39, 0.29) is 40.5 Å². The second-order valence-electron chi connectivity index (χ2n) is 15.6. The largest absolute Gasteiger partial charge is 0.472 e. The smallest absolute Gasteiger partial charge is 0.411 e. The van der Waals surface area contributed by atoms with Crippen molar-refractivity contribution in [3.8, 4) is 0 Å². The van der Waals surface area contributed by atoms with Gasteiger partial charge >= 0.3 is 15.6 Å². The van der Waals surface area contributed by atoms with Crippen molar-refractivity contribution in [2.45, 2.75) is 88.1 Å². The van der Waals surface area contributed by atoms with Crippen LogP contribution in [0.1, 0.15) is 39.5 Å². The van der Waals surface area contributed by atoms with Crippen molar-refractivity contribution < 1.29 is 50.9 Å². The number of rotatable bonds is 5. The highest BCUT2D eigenvalue weighted by atomic mass is 31.2. The molecule has 0 aromatic carbocycles. The number of nitrogens with two attached hydrogens (primary N) is 2. The van der Waals surface area contributed by atoms with Crippen LogP contribution in [0, 0.1) is 11.3 Å². The van der Waals surface area contributed by atoms with E-state index < -0.39 is 84.3 Å². The second kappa shape index (κ2) is 12.7. The fourth-order valence-corrected chi connectivity index (χ4v) is 11.0. The highest BCUT2D eigenvalue weighted by Gasteiger charge is 2.75. The number of fused-ring (bicyclic) bond motifs is 5. The van der Waals surface area contributed by atoms with Gasteiger partial charge in [-0.3, -0.25) is 32.4 Å². The van der Waals surface area contributed by atoms with Crippen molar-refractivity contribution in [3.05, 3.63) is 29.3 Å². The van der Waals surface area contributed by atoms with Gasteiger partial charge in [-0.15, -0.1) is 0 Å². The minimum absolute atomic E-state index is 0.0261. The molecule has 0 amide bonds. The standard InChI is InChI=1S/C29H42N10O12P2Si/c1-28(2,3)54(5,6)51-21-19-17(38-11-34-15-22(30)32-10-33-23(15)38)13-7-29(13,21)9-47-53(43,44)50-20-18(45-4)14(8-46-52(41,42)49-19)48-26(20)39-12-35-16-24(39)36-27(31)37-25(16)40/h10-14,17-21,26H,7-9H2,1-6H3,(H,41,42)(H,43,44)(H2,30,32,33)(H3,31,36,37,40)/t13-,14-,17-,18-,19+,20-,21+,26-,29?/m1/s1. The quantitative estimate of drug-likeness (QED) is 0.142. The Morgan fingerprint density at radius 2 is 1.69 bits per heavy atom. The van der Waals surface area contributed by atoms with Crippen molar-refractivity contribution in [3.63, 3.8) is 0 Å². The Kier molecular flexibility index (Phi) is 8.85. The number of ether oxygens (including phenoxy) is 2. The number of methoxy groups -OCH3 is 1. The number of aromatic nitrogens is 8. The van der Waals surface area contributed by atoms with Crippen LogP contribution in [0.3, 0.4) is 0 Å². The van der Waals surface area contributed by atoms with Gasteiger partial charge in [0.2, 0.25) is 5.95 Å². The lowest BCUT2D eigenvalue weighted by atomic mass is 10.0. The number of hydrogen-bond donors (Lipinski definition) is 5. The molecule has 6 heterocycles. The maximum absolute atomic E-state index is 14.1. The highest BCUT2D eigenvalue weighted by Crippen LogP contribution is 2.72. The van der Waals surface area contributed by atoms with Gasteiger partial charge in [0.05, 0.1) is 38.0 Å². The van der Waals surface area contributed by atoms with Crippen molar-refractivity contribution in [1.82, 2.24) is 39.0 Å². The normalized spacial score (nSPS) is 37.4. The van der Waals surface area contributed by atoms with Crippen LogP contribution in [0.25, 0.3) is 22.3 Å². The Morgan fingerprint density at radius 3 is 2.41 bits per heavy atom. The van der Waals surface area contributed by atoms with Crippen molar-refractivity contribution >= 4 is 58.1 Å². The predicted molar refractivity (Wildman–Crippen MR) is 190 cm³/mol. The Morgan fingerprint density at radius 1 is 1.00 bits per heavy atom. The lowest BCUT2D eigenvalue weighted by Crippen LogP contribution is -2.50. The summed E-state index contributed by atoms with van der Waals surface area (Å²) in [6, 6.07) is -0.739. The Hall–Kier alpha value is -3.18. The monoisotopic (exact) mass is 812 g/mol. The second-order valence-corrected chi connectivity index (χ2v) is 23.2. The van der Waals surface area contributed by atoms with Gasteiger partial charge in [-0.05, 0) is 30.5 Å². The molecule has 0 radical (unpaired) electrons. The number of anilines is 2. The molecular formula is C29H42N10O12P2Si. The molecule has 4 bridgehead atoms. The van der Waals surface area contributed by atoms with E-state index in [1.165, 1.54) is 30.7 Å². The Bertz CT molecular complexity index is 2280. The first kappa shape index (κ1) is 37.7. The number of H-pyrrole nitrogens is 1. The summed E-state index contributed by atoms with van der Waals surface area (Å²) in [4.78, 5) is 58.9. The van der Waals surface area contributed by atoms with E-state index in [9.17, 15) is 23.7 Å². The first-order valence-electron chi connectivity index (χ1n) is 17.1. The molecule has 25 heteroatoms. The molecule has 22 nitrogen and oxygen atoms in total. The van der Waals surface area contributed by atoms with Gasteiger partial charge in [0, 0.05) is 12.5 Å². The first-order valence-corrected chi connectivity index (χ1v) is 23.0. The molecule has 294 valence electrons. The van der Waals surface area contributed by atoms with Crippen LogP contribution < -0.4 is 17.0 Å². The molecule has 4 aliphatic rings. The fraction of sp³-hybridized carbons (Fsp3) is 0.655. The maximum Gasteiger partial charge on any atom is 0.472 e. The molecule has 2 aliphatic carbocycles. The molecule has 4 fully saturated rings. The molecule has 4 aromatic rings. The molecule has 11 atom stereocenters. The molecule has 1 spiro atoms. The van der Waals surface area contributed by atoms with E-state index in [0.717, 1.165) is 0 Å². The van der Waals surface area contributed by atoms with Crippen LogP contribution in [0.4, 0.5) is 11.8 Å². The van der Waals surface area contributed by atoms with E-state index in [1.54, 1.807) is 4.57 Å². The van der Waals surface area contributed by atoms with Crippen LogP contribution in [-0.4, -0.2) is 108 Å². The summed E-state index contributed by atoms with van der Waals surface area (Å²) in [5, 5.41) is -0.316. The van der Waals surface area contributed by atoms with Crippen molar-refractivity contribution in [2.24, 2.45) is 11.3 Å². The third-order valence-corrected chi connectivity index (χ3v) is 17.8. The molecule has 2 saturated carbocycles. The highest BCUT2D eigenvalue weighted by molar-refractivity contribution is 7.47. The summed E-state index contributed by atoms with van der Waals surface area (Å²) in [5.74, 6) is -0.471. The Balaban J connectivity index is 1.22. The van der Waals surface area contributed by atoms with Gasteiger partial charge < -0.3 is 39.7 Å². The van der Waals surface area contributed by atoms with Crippen molar-refractivity contribution in [1.29, 1.82) is 0 Å². The summed E-state index contributed by atoms with van der Waals surface area (Å²) in [5.41, 5.74) is 10.8. The Labute approximate surface area is 308 Å². The minimum Gasteiger partial charge on any atom is -0.411 e. The van der Waals surface area contributed by atoms with Crippen LogP contribution in [-0.2, 0) is 41.1 Å². The van der Waals surface area contributed by atoms with Crippen LogP contribution in [0.15, 0.2) is 23.8 Å². The number of phosphoric ester groups is 2. The molecular weight excluding hydrogens is 770 g/mol. The van der Waals surface area contributed by atoms with E-state index in [0.29, 0.717) is 17.6 Å². The summed E-state index contributed by atoms with van der Waals surface area (Å²) in [6.07, 6.45) is -2.86. The number of hydrogen-bond acceptors (Lipinski definition) is 17. The van der Waals surface area contributed by atoms with Crippen LogP contribution in [0.5, 0.6) is 0 Å². The first-order chi connectivity index (χ1) is 25.3. The minimum atomic E-state index is -4.98. The van der Waals surface area contributed by atoms with Gasteiger partial charge in [0.1, 0.15) is 36.3 Å². The maximum atomic E-state index is 14.1. The molecule has 7 N–H and O–H groups in total. The number of nitrogens with zero attached hydrogens (tertiary/aromatic N) is 7. The van der Waals surface area contributed by atoms with Gasteiger partial charge in [0.25, 0.3) is 5.56 Å². The zero-order chi connectivity index (χ0) is 38.7. The third-order valence-electron chi connectivity index (χ3n) is 11.4. The van der Waals surface area contributed by atoms with Crippen LogP contribution >= 0.6 is 15.6 Å². The van der Waals surface area contributed by atoms with E-state index >= 15 is 0 Å². The number of imidazole rings is 2. The number of nitrogens with one attached hydrogen (secondary N) is 1. The average molecular weight is 813 g/mol. The van der Waals surface area contributed by atoms with E-state index in [1.807, 2.05) is 33.9 Å². The summed E-state index contributed by atoms with van der Waals surface area (Å²) in [6.45, 7) is 9.19. The molecule has 54 heavy (non-hydrogen) atoms. The number of nitrogen functional groups attached to an aromatic ring is 2. The van der Waals surface area contributed by atoms with Gasteiger partial charge in [-0.25, -0.2) is 29.1 Å². The SMILES string of the molecule is CO[C@H]1[C@H]2OP(=O)(O)OCC34C[C@@H]3[C@@H](n3cnc5c(N)ncnc53)[C@H](OP(=O)(O)OC[C@H]1O[C@H]2n1cnc2c(=O)[nH]c(N)nc21)[C@@H]4O[Si](C)(C)C(C)(C)C. The van der Waals surface area contributed by atoms with Gasteiger partial charge in [0.15, 0.2) is 37.2 Å². The predicted octanol–water partition coefficient (Wildman–Crippen LogP) is 2.01. The molecule has 2 aliphatic heterocycles. The average Bonchev–Trinajstić information content (AvgIpc) is 3.37. The summed E-state index contributed by atoms with van der Waals surface area (Å²) in [7, 11) is -11.3. The lowest BCUT2D eigenvalue weighted by Gasteiger charge is -2.43. The molecule has 3 unspecified atom stereocenters. The third kappa shape index (κ3) is 6.14. The summed E-state index contributed by atoms with van der Waals surface area (Å²) >= 11 is 0. The number of aromatic amines is 1. The molecule has 8 rings (SSSR count). The topological polar surface area (TPSA) is 298 Å². The fourth-order valence-electron chi connectivity index (χ4n) is 7.69. The van der Waals surface area contributed by atoms with Gasteiger partial charge in [-0.1, -0.05) is 20.8 Å².